The van der Waals surface area contributed by atoms with E-state index in [-0.39, 0.29) is 36.1 Å². The van der Waals surface area contributed by atoms with Gasteiger partial charge in [-0.3, -0.25) is 14.6 Å². The van der Waals surface area contributed by atoms with Crippen LogP contribution in [-0.2, 0) is 33.7 Å². The van der Waals surface area contributed by atoms with Gasteiger partial charge >= 0.3 is 12.1 Å². The average Bonchev–Trinajstić information content (AvgIpc) is 3.58. The van der Waals surface area contributed by atoms with Gasteiger partial charge in [0.2, 0.25) is 11.8 Å². The zero-order valence-electron chi connectivity index (χ0n) is 33.8. The van der Waals surface area contributed by atoms with Crippen LogP contribution in [-0.4, -0.2) is 94.3 Å². The van der Waals surface area contributed by atoms with E-state index in [4.69, 9.17) is 4.74 Å². The number of nitrogens with one attached hydrogen (secondary N) is 3. The Morgan fingerprint density at radius 2 is 1.42 bits per heavy atom. The van der Waals surface area contributed by atoms with Gasteiger partial charge in [0.05, 0.1) is 24.8 Å². The number of hydrogen-bond donors (Lipinski definition) is 4. The van der Waals surface area contributed by atoms with Crippen LogP contribution >= 0.6 is 0 Å². The number of carbonyl (C=O) groups excluding carboxylic acids is 4. The number of fused-ring (bicyclic) bond motifs is 1. The Hall–Kier alpha value is -5.49. The van der Waals surface area contributed by atoms with Gasteiger partial charge in [0.25, 0.3) is 0 Å². The van der Waals surface area contributed by atoms with Crippen LogP contribution in [0.2, 0.25) is 0 Å². The van der Waals surface area contributed by atoms with Crippen molar-refractivity contribution in [2.24, 2.45) is 11.8 Å². The van der Waals surface area contributed by atoms with Crippen molar-refractivity contribution in [3.05, 3.63) is 114 Å². The number of aliphatic hydroxyl groups excluding tert-OH is 1. The van der Waals surface area contributed by atoms with Gasteiger partial charge in [-0.25, -0.2) is 9.59 Å². The lowest BCUT2D eigenvalue weighted by atomic mass is 9.91. The molecule has 4 N–H and O–H groups in total. The van der Waals surface area contributed by atoms with Crippen LogP contribution < -0.4 is 16.0 Å². The second-order valence-electron chi connectivity index (χ2n) is 15.2. The third-order valence-corrected chi connectivity index (χ3v) is 11.3. The molecule has 1 aliphatic rings. The first kappa shape index (κ1) is 42.6. The summed E-state index contributed by atoms with van der Waals surface area (Å²) in [6, 6.07) is 25.9. The van der Waals surface area contributed by atoms with E-state index in [2.05, 4.69) is 20.9 Å². The molecule has 0 radical (unpaired) electrons. The Labute approximate surface area is 336 Å². The molecule has 1 aliphatic heterocycles. The number of aromatic nitrogens is 1. The summed E-state index contributed by atoms with van der Waals surface area (Å²) in [7, 11) is 1.25. The van der Waals surface area contributed by atoms with Crippen LogP contribution in [0, 0.1) is 11.8 Å². The fraction of sp³-hybridized carbons (Fsp3) is 0.444. The van der Waals surface area contributed by atoms with Crippen molar-refractivity contribution in [3.63, 3.8) is 0 Å². The molecular formula is C45H58N6O6. The van der Waals surface area contributed by atoms with E-state index in [1.807, 2.05) is 119 Å². The molecule has 0 bridgehead atoms. The van der Waals surface area contributed by atoms with E-state index in [1.54, 1.807) is 16.0 Å². The number of carbonyl (C=O) groups is 4. The van der Waals surface area contributed by atoms with Crippen LogP contribution in [0.3, 0.4) is 0 Å². The number of methoxy groups -OCH3 is 1. The minimum Gasteiger partial charge on any atom is -0.453 e. The number of pyridine rings is 1. The number of hydrogen-bond acceptors (Lipinski definition) is 7. The molecule has 0 spiro atoms. The molecule has 0 aliphatic carbocycles. The first-order chi connectivity index (χ1) is 27.5. The summed E-state index contributed by atoms with van der Waals surface area (Å²) in [6.07, 6.45) is 2.07. The topological polar surface area (TPSA) is 153 Å². The molecule has 1 aromatic heterocycles. The second-order valence-corrected chi connectivity index (χ2v) is 15.2. The van der Waals surface area contributed by atoms with Crippen molar-refractivity contribution in [2.75, 3.05) is 20.2 Å². The molecule has 5 rings (SSSR count). The molecule has 1 fully saturated rings. The summed E-state index contributed by atoms with van der Waals surface area (Å²) < 4.78 is 4.81. The normalized spacial score (nSPS) is 16.6. The smallest absolute Gasteiger partial charge is 0.407 e. The summed E-state index contributed by atoms with van der Waals surface area (Å²) in [5.41, 5.74) is 3.71. The average molecular weight is 779 g/mol. The number of aliphatic hydroxyl groups is 1. The summed E-state index contributed by atoms with van der Waals surface area (Å²) in [6.45, 7) is 9.04. The van der Waals surface area contributed by atoms with Gasteiger partial charge in [-0.2, -0.15) is 0 Å². The fourth-order valence-electron chi connectivity index (χ4n) is 7.58. The number of nitrogens with zero attached hydrogens (tertiary/aromatic N) is 3. The Morgan fingerprint density at radius 1 is 0.789 bits per heavy atom. The number of amides is 5. The number of ether oxygens (including phenoxy) is 1. The van der Waals surface area contributed by atoms with Crippen LogP contribution in [0.4, 0.5) is 9.59 Å². The maximum absolute atomic E-state index is 14.5. The lowest BCUT2D eigenvalue weighted by molar-refractivity contribution is -0.129. The summed E-state index contributed by atoms with van der Waals surface area (Å²) in [5.74, 6) is -1.09. The van der Waals surface area contributed by atoms with E-state index >= 15 is 0 Å². The molecule has 4 aromatic rings. The molecule has 3 aromatic carbocycles. The summed E-state index contributed by atoms with van der Waals surface area (Å²) in [5, 5.41) is 22.0. The Kier molecular flexibility index (Phi) is 15.4. The number of rotatable bonds is 19. The van der Waals surface area contributed by atoms with Crippen LogP contribution in [0.25, 0.3) is 10.9 Å². The largest absolute Gasteiger partial charge is 0.453 e. The second kappa shape index (κ2) is 20.6. The molecule has 12 nitrogen and oxygen atoms in total. The molecule has 5 amide bonds. The van der Waals surface area contributed by atoms with Crippen LogP contribution in [0.15, 0.2) is 97.2 Å². The van der Waals surface area contributed by atoms with Crippen LogP contribution in [0.5, 0.6) is 0 Å². The third-order valence-electron chi connectivity index (χ3n) is 11.3. The lowest BCUT2D eigenvalue weighted by Crippen LogP contribution is -2.57. The maximum Gasteiger partial charge on any atom is 0.407 e. The number of alkyl carbamates (subject to hydrolysis) is 1. The Bertz CT molecular complexity index is 1920. The minimum absolute atomic E-state index is 0.105. The highest BCUT2D eigenvalue weighted by molar-refractivity contribution is 5.89. The molecule has 2 unspecified atom stereocenters. The minimum atomic E-state index is -1.10. The molecule has 0 saturated carbocycles. The monoisotopic (exact) mass is 778 g/mol. The van der Waals surface area contributed by atoms with Crippen LogP contribution in [0.1, 0.15) is 63.6 Å². The van der Waals surface area contributed by atoms with E-state index in [1.165, 1.54) is 7.11 Å². The number of para-hydroxylation sites is 1. The van der Waals surface area contributed by atoms with Gasteiger partial charge in [-0.15, -0.1) is 0 Å². The highest BCUT2D eigenvalue weighted by Crippen LogP contribution is 2.25. The Balaban J connectivity index is 1.38. The molecule has 7 atom stereocenters. The van der Waals surface area contributed by atoms with E-state index in [9.17, 15) is 24.3 Å². The van der Waals surface area contributed by atoms with Crippen molar-refractivity contribution in [2.45, 2.75) is 96.6 Å². The van der Waals surface area contributed by atoms with Gasteiger partial charge in [-0.05, 0) is 59.9 Å². The predicted octanol–water partition coefficient (Wildman–Crippen LogP) is 5.86. The zero-order chi connectivity index (χ0) is 40.9. The van der Waals surface area contributed by atoms with Crippen molar-refractivity contribution < 1.29 is 29.0 Å². The van der Waals surface area contributed by atoms with Gasteiger partial charge < -0.3 is 35.6 Å². The first-order valence-corrected chi connectivity index (χ1v) is 20.1. The standard InChI is InChI=1S/C45H58N6O6/c1-6-30(3)40(49-44(55)57-5)42(53)47-35(26-32-16-10-8-11-17-32)28-39(52)38(27-33-18-12-9-13-19-33)48-43(54)41(31(4)7-2)51-25-24-50(45(51)56)29-34-22-23-46-37-21-15-14-20-36(34)37/h8-23,30-31,35,38-41,52H,6-7,24-29H2,1-5H3,(H,47,53)(H,48,54)(H,49,55)/t30?,31?,35-,38-,39-,40-,41-/m0/s1. The molecule has 2 heterocycles. The highest BCUT2D eigenvalue weighted by atomic mass is 16.5. The Morgan fingerprint density at radius 3 is 2.07 bits per heavy atom. The maximum atomic E-state index is 14.5. The molecule has 57 heavy (non-hydrogen) atoms. The molecule has 1 saturated heterocycles. The van der Waals surface area contributed by atoms with E-state index in [0.717, 1.165) is 27.6 Å². The quantitative estimate of drug-likeness (QED) is 0.0930. The first-order valence-electron chi connectivity index (χ1n) is 20.1. The van der Waals surface area contributed by atoms with Crippen molar-refractivity contribution in [1.82, 2.24) is 30.7 Å². The predicted molar refractivity (Wildman–Crippen MR) is 221 cm³/mol. The van der Waals surface area contributed by atoms with Gasteiger partial charge in [0, 0.05) is 37.3 Å². The fourth-order valence-corrected chi connectivity index (χ4v) is 7.58. The molecule has 304 valence electrons. The molecular weight excluding hydrogens is 721 g/mol. The number of benzene rings is 3. The van der Waals surface area contributed by atoms with Crippen molar-refractivity contribution >= 4 is 34.8 Å². The van der Waals surface area contributed by atoms with Gasteiger partial charge in [0.15, 0.2) is 0 Å². The van der Waals surface area contributed by atoms with Crippen molar-refractivity contribution in [3.8, 4) is 0 Å². The summed E-state index contributed by atoms with van der Waals surface area (Å²) >= 11 is 0. The van der Waals surface area contributed by atoms with E-state index < -0.39 is 36.4 Å². The highest BCUT2D eigenvalue weighted by Gasteiger charge is 2.41. The van der Waals surface area contributed by atoms with Gasteiger partial charge in [0.1, 0.15) is 12.1 Å². The lowest BCUT2D eigenvalue weighted by Gasteiger charge is -2.34. The van der Waals surface area contributed by atoms with Crippen molar-refractivity contribution in [1.29, 1.82) is 0 Å². The molecule has 12 heteroatoms. The van der Waals surface area contributed by atoms with E-state index in [0.29, 0.717) is 45.3 Å². The zero-order valence-corrected chi connectivity index (χ0v) is 33.8. The van der Waals surface area contributed by atoms with Gasteiger partial charge in [-0.1, -0.05) is 119 Å². The SMILES string of the molecule is CCC(C)[C@H](NC(=O)OC)C(=O)N[C@@H](Cc1ccccc1)C[C@H](O)[C@H](Cc1ccccc1)NC(=O)[C@H](C(C)CC)N1CCN(Cc2ccnc3ccccc23)C1=O. The summed E-state index contributed by atoms with van der Waals surface area (Å²) in [4.78, 5) is 62.6. The third kappa shape index (κ3) is 11.3. The number of urea groups is 1.